The Balaban J connectivity index is 1.82. The van der Waals surface area contributed by atoms with Crippen LogP contribution in [0.5, 0.6) is 0 Å². The molecule has 7 heteroatoms. The summed E-state index contributed by atoms with van der Waals surface area (Å²) in [5.41, 5.74) is 1.40. The lowest BCUT2D eigenvalue weighted by Gasteiger charge is -2.08. The Morgan fingerprint density at radius 1 is 1.12 bits per heavy atom. The minimum Gasteiger partial charge on any atom is -0.452 e. The van der Waals surface area contributed by atoms with Crippen molar-refractivity contribution in [1.29, 1.82) is 5.26 Å². The number of amides is 1. The molecule has 0 atom stereocenters. The van der Waals surface area contributed by atoms with E-state index in [9.17, 15) is 9.59 Å². The third-order valence-electron chi connectivity index (χ3n) is 3.08. The van der Waals surface area contributed by atoms with Crippen LogP contribution >= 0.6 is 23.2 Å². The number of benzene rings is 2. The van der Waals surface area contributed by atoms with Crippen LogP contribution in [0.2, 0.25) is 10.0 Å². The first-order valence-electron chi connectivity index (χ1n) is 6.87. The summed E-state index contributed by atoms with van der Waals surface area (Å²) >= 11 is 11.8. The van der Waals surface area contributed by atoms with Crippen LogP contribution in [0.25, 0.3) is 0 Å². The molecule has 1 N–H and O–H groups in total. The van der Waals surface area contributed by atoms with E-state index in [1.54, 1.807) is 18.2 Å². The quantitative estimate of drug-likeness (QED) is 0.827. The Morgan fingerprint density at radius 3 is 2.46 bits per heavy atom. The van der Waals surface area contributed by atoms with E-state index in [4.69, 9.17) is 33.2 Å². The van der Waals surface area contributed by atoms with Gasteiger partial charge in [0.25, 0.3) is 5.91 Å². The van der Waals surface area contributed by atoms with Crippen LogP contribution in [0, 0.1) is 11.3 Å². The number of halogens is 2. The Labute approximate surface area is 148 Å². The number of nitrogens with zero attached hydrogens (tertiary/aromatic N) is 1. The summed E-state index contributed by atoms with van der Waals surface area (Å²) in [5.74, 6) is -1.10. The smallest absolute Gasteiger partial charge is 0.338 e. The number of hydrogen-bond donors (Lipinski definition) is 1. The summed E-state index contributed by atoms with van der Waals surface area (Å²) in [6.07, 6.45) is 0. The SMILES string of the molecule is N#Cc1ccc(C(=O)OCC(=O)NCc2ccc(Cl)cc2Cl)cc1. The molecule has 0 aromatic heterocycles. The van der Waals surface area contributed by atoms with Gasteiger partial charge in [0.1, 0.15) is 0 Å². The van der Waals surface area contributed by atoms with Crippen molar-refractivity contribution in [2.24, 2.45) is 0 Å². The van der Waals surface area contributed by atoms with Crippen molar-refractivity contribution < 1.29 is 14.3 Å². The van der Waals surface area contributed by atoms with E-state index in [1.165, 1.54) is 24.3 Å². The van der Waals surface area contributed by atoms with Gasteiger partial charge in [-0.25, -0.2) is 4.79 Å². The lowest BCUT2D eigenvalue weighted by Crippen LogP contribution is -2.28. The second-order valence-electron chi connectivity index (χ2n) is 4.78. The fraction of sp³-hybridized carbons (Fsp3) is 0.118. The Morgan fingerprint density at radius 2 is 1.83 bits per heavy atom. The fourth-order valence-corrected chi connectivity index (χ4v) is 2.28. The molecule has 2 aromatic carbocycles. The molecule has 2 aromatic rings. The summed E-state index contributed by atoms with van der Waals surface area (Å²) in [6, 6.07) is 12.8. The summed E-state index contributed by atoms with van der Waals surface area (Å²) in [7, 11) is 0. The first-order chi connectivity index (χ1) is 11.5. The van der Waals surface area contributed by atoms with Gasteiger partial charge in [0.2, 0.25) is 0 Å². The number of rotatable bonds is 5. The van der Waals surface area contributed by atoms with E-state index in [2.05, 4.69) is 5.32 Å². The minimum absolute atomic E-state index is 0.198. The van der Waals surface area contributed by atoms with Crippen molar-refractivity contribution in [3.63, 3.8) is 0 Å². The molecule has 1 amide bonds. The van der Waals surface area contributed by atoms with Crippen LogP contribution < -0.4 is 5.32 Å². The predicted molar refractivity (Wildman–Crippen MR) is 89.7 cm³/mol. The summed E-state index contributed by atoms with van der Waals surface area (Å²) in [5, 5.41) is 12.2. The molecule has 0 saturated heterocycles. The number of carbonyl (C=O) groups excluding carboxylic acids is 2. The van der Waals surface area contributed by atoms with Crippen molar-refractivity contribution in [3.05, 3.63) is 69.2 Å². The monoisotopic (exact) mass is 362 g/mol. The van der Waals surface area contributed by atoms with Crippen molar-refractivity contribution in [1.82, 2.24) is 5.32 Å². The van der Waals surface area contributed by atoms with Gasteiger partial charge in [-0.1, -0.05) is 29.3 Å². The van der Waals surface area contributed by atoms with Crippen molar-refractivity contribution in [2.45, 2.75) is 6.54 Å². The number of hydrogen-bond acceptors (Lipinski definition) is 4. The lowest BCUT2D eigenvalue weighted by molar-refractivity contribution is -0.124. The zero-order valence-electron chi connectivity index (χ0n) is 12.4. The molecule has 0 fully saturated rings. The van der Waals surface area contributed by atoms with E-state index in [1.807, 2.05) is 6.07 Å². The Bertz CT molecular complexity index is 798. The third kappa shape index (κ3) is 4.98. The molecule has 5 nitrogen and oxygen atoms in total. The van der Waals surface area contributed by atoms with Gasteiger partial charge in [0.05, 0.1) is 17.2 Å². The number of ether oxygens (including phenoxy) is 1. The molecule has 0 aliphatic rings. The molecule has 2 rings (SSSR count). The van der Waals surface area contributed by atoms with Crippen LogP contribution in [0.15, 0.2) is 42.5 Å². The number of esters is 1. The maximum Gasteiger partial charge on any atom is 0.338 e. The highest BCUT2D eigenvalue weighted by molar-refractivity contribution is 6.35. The number of nitrogens with one attached hydrogen (secondary N) is 1. The normalized spacial score (nSPS) is 9.88. The van der Waals surface area contributed by atoms with Crippen LogP contribution in [0.1, 0.15) is 21.5 Å². The minimum atomic E-state index is -0.640. The molecular weight excluding hydrogens is 351 g/mol. The largest absolute Gasteiger partial charge is 0.452 e. The first kappa shape index (κ1) is 17.8. The van der Waals surface area contributed by atoms with E-state index in [-0.39, 0.29) is 12.1 Å². The summed E-state index contributed by atoms with van der Waals surface area (Å²) < 4.78 is 4.91. The van der Waals surface area contributed by atoms with E-state index in [0.29, 0.717) is 21.2 Å². The molecule has 0 unspecified atom stereocenters. The van der Waals surface area contributed by atoms with Gasteiger partial charge in [-0.3, -0.25) is 4.79 Å². The molecule has 0 heterocycles. The second-order valence-corrected chi connectivity index (χ2v) is 5.62. The molecule has 24 heavy (non-hydrogen) atoms. The summed E-state index contributed by atoms with van der Waals surface area (Å²) in [4.78, 5) is 23.5. The van der Waals surface area contributed by atoms with Gasteiger partial charge >= 0.3 is 5.97 Å². The van der Waals surface area contributed by atoms with Gasteiger partial charge in [0.15, 0.2) is 6.61 Å². The highest BCUT2D eigenvalue weighted by Gasteiger charge is 2.10. The van der Waals surface area contributed by atoms with Gasteiger partial charge < -0.3 is 10.1 Å². The Hall–Kier alpha value is -2.55. The van der Waals surface area contributed by atoms with E-state index in [0.717, 1.165) is 0 Å². The van der Waals surface area contributed by atoms with Gasteiger partial charge in [0, 0.05) is 16.6 Å². The number of nitriles is 1. The maximum atomic E-state index is 11.8. The van der Waals surface area contributed by atoms with Crippen LogP contribution in [-0.4, -0.2) is 18.5 Å². The standard InChI is InChI=1S/C17H12Cl2N2O3/c18-14-6-5-13(15(19)7-14)9-21-16(22)10-24-17(23)12-3-1-11(8-20)2-4-12/h1-7H,9-10H2,(H,21,22). The lowest BCUT2D eigenvalue weighted by atomic mass is 10.1. The van der Waals surface area contributed by atoms with Crippen LogP contribution in [0.3, 0.4) is 0 Å². The second kappa shape index (κ2) is 8.34. The van der Waals surface area contributed by atoms with Gasteiger partial charge in [-0.2, -0.15) is 5.26 Å². The van der Waals surface area contributed by atoms with Crippen molar-refractivity contribution in [3.8, 4) is 6.07 Å². The van der Waals surface area contributed by atoms with Gasteiger partial charge in [-0.15, -0.1) is 0 Å². The van der Waals surface area contributed by atoms with Crippen molar-refractivity contribution in [2.75, 3.05) is 6.61 Å². The third-order valence-corrected chi connectivity index (χ3v) is 3.66. The van der Waals surface area contributed by atoms with E-state index < -0.39 is 18.5 Å². The van der Waals surface area contributed by atoms with Crippen molar-refractivity contribution >= 4 is 35.1 Å². The first-order valence-corrected chi connectivity index (χ1v) is 7.63. The Kier molecular flexibility index (Phi) is 6.19. The van der Waals surface area contributed by atoms with Crippen LogP contribution in [0.4, 0.5) is 0 Å². The summed E-state index contributed by atoms with van der Waals surface area (Å²) in [6.45, 7) is -0.215. The number of carbonyl (C=O) groups is 2. The average molecular weight is 363 g/mol. The molecule has 0 aliphatic heterocycles. The maximum absolute atomic E-state index is 11.8. The molecule has 0 radical (unpaired) electrons. The topological polar surface area (TPSA) is 79.2 Å². The average Bonchev–Trinajstić information content (AvgIpc) is 2.59. The van der Waals surface area contributed by atoms with Crippen LogP contribution in [-0.2, 0) is 16.1 Å². The molecule has 0 saturated carbocycles. The highest BCUT2D eigenvalue weighted by Crippen LogP contribution is 2.20. The molecule has 0 aliphatic carbocycles. The van der Waals surface area contributed by atoms with E-state index >= 15 is 0 Å². The predicted octanol–water partition coefficient (Wildman–Crippen LogP) is 3.34. The zero-order chi connectivity index (χ0) is 17.5. The molecular formula is C17H12Cl2N2O3. The fourth-order valence-electron chi connectivity index (χ4n) is 1.81. The molecule has 0 spiro atoms. The molecule has 122 valence electrons. The highest BCUT2D eigenvalue weighted by atomic mass is 35.5. The zero-order valence-corrected chi connectivity index (χ0v) is 13.9. The molecule has 0 bridgehead atoms. The van der Waals surface area contributed by atoms with Gasteiger partial charge in [-0.05, 0) is 42.0 Å².